The Morgan fingerprint density at radius 3 is 2.90 bits per heavy atom. The van der Waals surface area contributed by atoms with Gasteiger partial charge in [-0.05, 0) is 18.2 Å². The van der Waals surface area contributed by atoms with Gasteiger partial charge in [0.2, 0.25) is 0 Å². The number of halogens is 2. The Kier molecular flexibility index (Phi) is 4.97. The van der Waals surface area contributed by atoms with E-state index in [-0.39, 0.29) is 26.4 Å². The van der Waals surface area contributed by atoms with Crippen LogP contribution >= 0.6 is 35.6 Å². The summed E-state index contributed by atoms with van der Waals surface area (Å²) in [4.78, 5) is 24.7. The molecular weight excluding hydrogens is 337 g/mol. The SMILES string of the molecule is COC(=O)CN1C(=O)C(=Cc2c(F)cccc2Cl)SC1=S. The molecule has 0 aliphatic carbocycles. The highest BCUT2D eigenvalue weighted by Crippen LogP contribution is 2.34. The first-order chi connectivity index (χ1) is 9.93. The zero-order valence-corrected chi connectivity index (χ0v) is 13.1. The van der Waals surface area contributed by atoms with Crippen molar-refractivity contribution >= 4 is 57.9 Å². The maximum atomic E-state index is 13.7. The molecule has 1 fully saturated rings. The Morgan fingerprint density at radius 1 is 1.57 bits per heavy atom. The van der Waals surface area contributed by atoms with E-state index in [0.717, 1.165) is 16.7 Å². The van der Waals surface area contributed by atoms with Crippen LogP contribution in [0.5, 0.6) is 0 Å². The van der Waals surface area contributed by atoms with E-state index in [4.69, 9.17) is 23.8 Å². The smallest absolute Gasteiger partial charge is 0.325 e. The van der Waals surface area contributed by atoms with Crippen LogP contribution in [0.2, 0.25) is 5.02 Å². The number of methoxy groups -OCH3 is 1. The molecule has 1 saturated heterocycles. The lowest BCUT2D eigenvalue weighted by atomic mass is 10.2. The maximum Gasteiger partial charge on any atom is 0.325 e. The normalized spacial score (nSPS) is 16.7. The Labute approximate surface area is 134 Å². The molecule has 0 saturated carbocycles. The van der Waals surface area contributed by atoms with Gasteiger partial charge in [0.15, 0.2) is 0 Å². The molecule has 0 aromatic heterocycles. The average molecular weight is 346 g/mol. The van der Waals surface area contributed by atoms with Crippen molar-refractivity contribution in [3.8, 4) is 0 Å². The third-order valence-corrected chi connectivity index (χ3v) is 4.37. The molecule has 1 aliphatic heterocycles. The topological polar surface area (TPSA) is 46.6 Å². The first-order valence-corrected chi connectivity index (χ1v) is 7.30. The molecule has 2 rings (SSSR count). The Morgan fingerprint density at radius 2 is 2.29 bits per heavy atom. The van der Waals surface area contributed by atoms with Crippen LogP contribution in [0.4, 0.5) is 4.39 Å². The molecule has 1 aliphatic rings. The second-order valence-corrected chi connectivity index (χ2v) is 6.06. The molecule has 1 aromatic carbocycles. The third-order valence-electron chi connectivity index (χ3n) is 2.66. The monoisotopic (exact) mass is 345 g/mol. The standard InChI is InChI=1S/C13H9ClFNO3S2/c1-19-11(17)6-16-12(18)10(21-13(16)20)5-7-8(14)3-2-4-9(7)15/h2-5H,6H2,1H3. The minimum absolute atomic E-state index is 0.109. The lowest BCUT2D eigenvalue weighted by Crippen LogP contribution is -2.33. The molecule has 4 nitrogen and oxygen atoms in total. The molecule has 1 amide bonds. The highest BCUT2D eigenvalue weighted by Gasteiger charge is 2.33. The van der Waals surface area contributed by atoms with Gasteiger partial charge < -0.3 is 4.74 Å². The summed E-state index contributed by atoms with van der Waals surface area (Å²) in [5.74, 6) is -1.60. The molecule has 0 radical (unpaired) electrons. The minimum atomic E-state index is -0.587. The number of hydrogen-bond donors (Lipinski definition) is 0. The number of nitrogens with zero attached hydrogens (tertiary/aromatic N) is 1. The van der Waals surface area contributed by atoms with Crippen molar-refractivity contribution in [2.45, 2.75) is 0 Å². The first-order valence-electron chi connectivity index (χ1n) is 5.70. The lowest BCUT2D eigenvalue weighted by molar-refractivity contribution is -0.143. The third kappa shape index (κ3) is 3.42. The van der Waals surface area contributed by atoms with E-state index >= 15 is 0 Å². The van der Waals surface area contributed by atoms with E-state index in [9.17, 15) is 14.0 Å². The van der Waals surface area contributed by atoms with E-state index in [1.165, 1.54) is 31.4 Å². The fourth-order valence-corrected chi connectivity index (χ4v) is 3.06. The van der Waals surface area contributed by atoms with E-state index in [1.54, 1.807) is 0 Å². The lowest BCUT2D eigenvalue weighted by Gasteiger charge is -2.11. The molecule has 1 heterocycles. The van der Waals surface area contributed by atoms with Crippen molar-refractivity contribution in [2.75, 3.05) is 13.7 Å². The molecule has 0 unspecified atom stereocenters. The van der Waals surface area contributed by atoms with Crippen molar-refractivity contribution in [1.29, 1.82) is 0 Å². The van der Waals surface area contributed by atoms with E-state index in [1.807, 2.05) is 0 Å². The van der Waals surface area contributed by atoms with Crippen LogP contribution in [0.1, 0.15) is 5.56 Å². The number of esters is 1. The van der Waals surface area contributed by atoms with Crippen molar-refractivity contribution < 1.29 is 18.7 Å². The zero-order chi connectivity index (χ0) is 15.6. The van der Waals surface area contributed by atoms with E-state index in [0.29, 0.717) is 0 Å². The molecule has 110 valence electrons. The van der Waals surface area contributed by atoms with Crippen LogP contribution in [0.15, 0.2) is 23.1 Å². The molecule has 0 N–H and O–H groups in total. The van der Waals surface area contributed by atoms with E-state index in [2.05, 4.69) is 4.74 Å². The highest BCUT2D eigenvalue weighted by molar-refractivity contribution is 8.26. The quantitative estimate of drug-likeness (QED) is 0.479. The maximum absolute atomic E-state index is 13.7. The fourth-order valence-electron chi connectivity index (χ4n) is 1.61. The number of carbonyl (C=O) groups is 2. The number of thiocarbonyl (C=S) groups is 1. The number of hydrogen-bond acceptors (Lipinski definition) is 5. The van der Waals surface area contributed by atoms with Gasteiger partial charge in [-0.1, -0.05) is 41.6 Å². The fraction of sp³-hybridized carbons (Fsp3) is 0.154. The van der Waals surface area contributed by atoms with Crippen molar-refractivity contribution in [3.63, 3.8) is 0 Å². The number of ether oxygens (including phenoxy) is 1. The van der Waals surface area contributed by atoms with Gasteiger partial charge in [-0.3, -0.25) is 14.5 Å². The van der Waals surface area contributed by atoms with Crippen LogP contribution in [-0.4, -0.2) is 34.8 Å². The van der Waals surface area contributed by atoms with Gasteiger partial charge in [0.25, 0.3) is 5.91 Å². The molecule has 21 heavy (non-hydrogen) atoms. The van der Waals surface area contributed by atoms with Crippen LogP contribution in [0.3, 0.4) is 0 Å². The van der Waals surface area contributed by atoms with E-state index < -0.39 is 17.7 Å². The van der Waals surface area contributed by atoms with Gasteiger partial charge in [0, 0.05) is 5.56 Å². The summed E-state index contributed by atoms with van der Waals surface area (Å²) in [5.41, 5.74) is 0.109. The van der Waals surface area contributed by atoms with Gasteiger partial charge in [0.1, 0.15) is 16.7 Å². The largest absolute Gasteiger partial charge is 0.468 e. The second kappa shape index (κ2) is 6.55. The predicted octanol–water partition coefficient (Wildman–Crippen LogP) is 2.85. The molecule has 8 heteroatoms. The zero-order valence-electron chi connectivity index (χ0n) is 10.8. The summed E-state index contributed by atoms with van der Waals surface area (Å²) in [7, 11) is 1.22. The van der Waals surface area contributed by atoms with Crippen molar-refractivity contribution in [3.05, 3.63) is 39.5 Å². The van der Waals surface area contributed by atoms with Gasteiger partial charge in [-0.25, -0.2) is 4.39 Å². The summed E-state index contributed by atoms with van der Waals surface area (Å²) in [6.45, 7) is -0.274. The van der Waals surface area contributed by atoms with Crippen LogP contribution in [0.25, 0.3) is 6.08 Å². The van der Waals surface area contributed by atoms with Gasteiger partial charge in [-0.2, -0.15) is 0 Å². The van der Waals surface area contributed by atoms with Crippen LogP contribution < -0.4 is 0 Å². The van der Waals surface area contributed by atoms with Gasteiger partial charge >= 0.3 is 5.97 Å². The molecular formula is C13H9ClFNO3S2. The highest BCUT2D eigenvalue weighted by atomic mass is 35.5. The molecule has 0 bridgehead atoms. The van der Waals surface area contributed by atoms with Gasteiger partial charge in [-0.15, -0.1) is 0 Å². The Hall–Kier alpha value is -1.44. The summed E-state index contributed by atoms with van der Waals surface area (Å²) >= 11 is 11.9. The number of benzene rings is 1. The second-order valence-electron chi connectivity index (χ2n) is 3.98. The Bertz CT molecular complexity index is 643. The van der Waals surface area contributed by atoms with Crippen molar-refractivity contribution in [1.82, 2.24) is 4.90 Å². The minimum Gasteiger partial charge on any atom is -0.468 e. The molecule has 0 atom stereocenters. The summed E-state index contributed by atoms with van der Waals surface area (Å²) < 4.78 is 18.4. The number of rotatable bonds is 3. The molecule has 1 aromatic rings. The summed E-state index contributed by atoms with van der Waals surface area (Å²) in [6.07, 6.45) is 1.33. The number of thioether (sulfide) groups is 1. The number of amides is 1. The predicted molar refractivity (Wildman–Crippen MR) is 83.3 cm³/mol. The molecule has 0 spiro atoms. The van der Waals surface area contributed by atoms with Crippen LogP contribution in [-0.2, 0) is 14.3 Å². The van der Waals surface area contributed by atoms with Crippen LogP contribution in [0, 0.1) is 5.82 Å². The summed E-state index contributed by atoms with van der Waals surface area (Å²) in [6, 6.07) is 4.23. The number of carbonyl (C=O) groups excluding carboxylic acids is 2. The summed E-state index contributed by atoms with van der Waals surface area (Å²) in [5, 5.41) is 0.188. The Balaban J connectivity index is 2.30. The first kappa shape index (κ1) is 15.9. The average Bonchev–Trinajstić information content (AvgIpc) is 2.70. The van der Waals surface area contributed by atoms with Crippen molar-refractivity contribution in [2.24, 2.45) is 0 Å². The van der Waals surface area contributed by atoms with Gasteiger partial charge in [0.05, 0.1) is 17.0 Å².